The highest BCUT2D eigenvalue weighted by molar-refractivity contribution is 7.84. The van der Waals surface area contributed by atoms with E-state index in [1.165, 1.54) is 13.2 Å². The molecule has 0 atom stereocenters. The van der Waals surface area contributed by atoms with E-state index >= 15 is 0 Å². The van der Waals surface area contributed by atoms with Crippen LogP contribution in [-0.2, 0) is 23.4 Å². The van der Waals surface area contributed by atoms with Crippen molar-refractivity contribution in [2.24, 2.45) is 5.14 Å². The van der Waals surface area contributed by atoms with Gasteiger partial charge in [0.05, 0.1) is 12.8 Å². The lowest BCUT2D eigenvalue weighted by atomic mass is 10.1. The third-order valence-electron chi connectivity index (χ3n) is 3.80. The second-order valence-electron chi connectivity index (χ2n) is 5.61. The molecule has 1 heterocycles. The molecule has 10 heteroatoms. The Morgan fingerprint density at radius 1 is 1.27 bits per heavy atom. The first-order chi connectivity index (χ1) is 12.3. The van der Waals surface area contributed by atoms with E-state index in [0.29, 0.717) is 23.8 Å². The molecule has 26 heavy (non-hydrogen) atoms. The Labute approximate surface area is 155 Å². The molecule has 138 valence electrons. The van der Waals surface area contributed by atoms with E-state index < -0.39 is 10.3 Å². The van der Waals surface area contributed by atoms with Gasteiger partial charge in [-0.25, -0.2) is 4.79 Å². The molecule has 2 aromatic rings. The summed E-state index contributed by atoms with van der Waals surface area (Å²) in [6.45, 7) is 0.612. The maximum absolute atomic E-state index is 12.4. The summed E-state index contributed by atoms with van der Waals surface area (Å²) in [5, 5.41) is 8.17. The number of benzene rings is 2. The van der Waals surface area contributed by atoms with Gasteiger partial charge in [-0.15, -0.1) is 0 Å². The van der Waals surface area contributed by atoms with Crippen molar-refractivity contribution in [2.75, 3.05) is 12.4 Å². The number of fused-ring (bicyclic) bond motifs is 1. The number of rotatable bonds is 5. The van der Waals surface area contributed by atoms with E-state index in [2.05, 4.69) is 5.32 Å². The summed E-state index contributed by atoms with van der Waals surface area (Å²) in [7, 11) is -2.85. The summed E-state index contributed by atoms with van der Waals surface area (Å²) < 4.78 is 32.2. The molecule has 3 rings (SSSR count). The minimum atomic E-state index is -4.22. The number of hydrogen-bond donors (Lipinski definition) is 2. The van der Waals surface area contributed by atoms with Crippen LogP contribution in [0.25, 0.3) is 0 Å². The molecule has 0 unspecified atom stereocenters. The van der Waals surface area contributed by atoms with Crippen LogP contribution in [0, 0.1) is 0 Å². The number of nitrogens with zero attached hydrogens (tertiary/aromatic N) is 1. The number of halogens is 1. The second-order valence-corrected chi connectivity index (χ2v) is 7.17. The highest BCUT2D eigenvalue weighted by atomic mass is 35.5. The zero-order chi connectivity index (χ0) is 18.9. The van der Waals surface area contributed by atoms with Crippen molar-refractivity contribution in [3.05, 3.63) is 52.5 Å². The van der Waals surface area contributed by atoms with Crippen molar-refractivity contribution in [2.45, 2.75) is 13.1 Å². The minimum absolute atomic E-state index is 0.103. The normalized spacial score (nSPS) is 13.8. The highest BCUT2D eigenvalue weighted by Crippen LogP contribution is 2.37. The van der Waals surface area contributed by atoms with E-state index in [0.717, 1.165) is 11.1 Å². The highest BCUT2D eigenvalue weighted by Gasteiger charge is 2.26. The molecule has 0 bridgehead atoms. The molecule has 1 aliphatic heterocycles. The van der Waals surface area contributed by atoms with Crippen LogP contribution in [0.3, 0.4) is 0 Å². The summed E-state index contributed by atoms with van der Waals surface area (Å²) >= 11 is 6.16. The minimum Gasteiger partial charge on any atom is -0.493 e. The molecular weight excluding hydrogens is 382 g/mol. The van der Waals surface area contributed by atoms with Crippen LogP contribution < -0.4 is 19.4 Å². The van der Waals surface area contributed by atoms with Crippen molar-refractivity contribution in [1.29, 1.82) is 0 Å². The van der Waals surface area contributed by atoms with Crippen LogP contribution in [-0.4, -0.2) is 26.5 Å². The van der Waals surface area contributed by atoms with Crippen LogP contribution in [0.5, 0.6) is 11.5 Å². The Morgan fingerprint density at radius 2 is 2.00 bits per heavy atom. The van der Waals surface area contributed by atoms with Crippen molar-refractivity contribution in [1.82, 2.24) is 4.90 Å². The number of nitrogens with one attached hydrogen (secondary N) is 1. The van der Waals surface area contributed by atoms with Gasteiger partial charge in [-0.3, -0.25) is 0 Å². The summed E-state index contributed by atoms with van der Waals surface area (Å²) in [5.74, 6) is 0.0835. The number of hydrogen-bond acceptors (Lipinski definition) is 5. The number of urea groups is 1. The molecule has 3 N–H and O–H groups in total. The van der Waals surface area contributed by atoms with E-state index in [9.17, 15) is 13.2 Å². The van der Waals surface area contributed by atoms with Gasteiger partial charge in [0.15, 0.2) is 11.5 Å². The number of methoxy groups -OCH3 is 1. The smallest absolute Gasteiger partial charge is 0.380 e. The Morgan fingerprint density at radius 3 is 2.65 bits per heavy atom. The van der Waals surface area contributed by atoms with Crippen LogP contribution in [0.4, 0.5) is 10.5 Å². The number of nitrogens with two attached hydrogens (primary N) is 1. The van der Waals surface area contributed by atoms with Crippen LogP contribution >= 0.6 is 11.6 Å². The van der Waals surface area contributed by atoms with Gasteiger partial charge in [-0.2, -0.15) is 13.6 Å². The first-order valence-electron chi connectivity index (χ1n) is 7.49. The van der Waals surface area contributed by atoms with Gasteiger partial charge >= 0.3 is 16.3 Å². The summed E-state index contributed by atoms with van der Waals surface area (Å²) in [6.07, 6.45) is 0. The largest absolute Gasteiger partial charge is 0.493 e. The first kappa shape index (κ1) is 18.3. The van der Waals surface area contributed by atoms with Crippen LogP contribution in [0.15, 0.2) is 36.4 Å². The number of carbonyl (C=O) groups excluding carboxylic acids is 1. The standard InChI is InChI=1S/C16H16ClN3O5S/c1-24-14-6-11-9-20(8-10-4-2-3-5-12(10)17)16(21)19-13(11)7-15(14)25-26(18,22)23/h2-7H,8-9H2,1H3,(H,19,21)(H2,18,22,23). The van der Waals surface area contributed by atoms with Crippen molar-refractivity contribution >= 4 is 33.6 Å². The van der Waals surface area contributed by atoms with Crippen LogP contribution in [0.2, 0.25) is 5.02 Å². The quantitative estimate of drug-likeness (QED) is 0.805. The Balaban J connectivity index is 1.90. The first-order valence-corrected chi connectivity index (χ1v) is 9.34. The molecule has 2 aromatic carbocycles. The fraction of sp³-hybridized carbons (Fsp3) is 0.188. The number of carbonyl (C=O) groups is 1. The molecule has 0 aromatic heterocycles. The third-order valence-corrected chi connectivity index (χ3v) is 4.59. The number of amides is 2. The number of anilines is 1. The van der Waals surface area contributed by atoms with Crippen molar-refractivity contribution in [3.63, 3.8) is 0 Å². The SMILES string of the molecule is COc1cc2c(cc1OS(N)(=O)=O)NC(=O)N(Cc1ccccc1Cl)C2. The molecule has 8 nitrogen and oxygen atoms in total. The van der Waals surface area contributed by atoms with Gasteiger partial charge in [0.1, 0.15) is 0 Å². The lowest BCUT2D eigenvalue weighted by Crippen LogP contribution is -2.38. The molecule has 1 aliphatic rings. The Kier molecular flexibility index (Phi) is 4.94. The summed E-state index contributed by atoms with van der Waals surface area (Å²) in [5.41, 5.74) is 1.97. The zero-order valence-corrected chi connectivity index (χ0v) is 15.3. The second kappa shape index (κ2) is 7.02. The molecule has 0 radical (unpaired) electrons. The molecular formula is C16H16ClN3O5S. The summed E-state index contributed by atoms with van der Waals surface area (Å²) in [4.78, 5) is 14.0. The van der Waals surface area contributed by atoms with Gasteiger partial charge < -0.3 is 19.1 Å². The average Bonchev–Trinajstić information content (AvgIpc) is 2.56. The van der Waals surface area contributed by atoms with Gasteiger partial charge in [0.2, 0.25) is 0 Å². The maximum Gasteiger partial charge on any atom is 0.380 e. The fourth-order valence-corrected chi connectivity index (χ4v) is 3.21. The Bertz CT molecular complexity index is 964. The lowest BCUT2D eigenvalue weighted by molar-refractivity contribution is 0.204. The molecule has 0 saturated carbocycles. The molecule has 0 saturated heterocycles. The van der Waals surface area contributed by atoms with Gasteiger partial charge in [0.25, 0.3) is 0 Å². The fourth-order valence-electron chi connectivity index (χ4n) is 2.63. The predicted molar refractivity (Wildman–Crippen MR) is 96.4 cm³/mol. The van der Waals surface area contributed by atoms with Crippen molar-refractivity contribution in [3.8, 4) is 11.5 Å². The predicted octanol–water partition coefficient (Wildman–Crippen LogP) is 2.48. The third kappa shape index (κ3) is 4.01. The zero-order valence-electron chi connectivity index (χ0n) is 13.7. The number of ether oxygens (including phenoxy) is 1. The van der Waals surface area contributed by atoms with E-state index in [1.54, 1.807) is 17.0 Å². The molecule has 0 spiro atoms. The average molecular weight is 398 g/mol. The topological polar surface area (TPSA) is 111 Å². The van der Waals surface area contributed by atoms with E-state index in [4.69, 9.17) is 25.7 Å². The lowest BCUT2D eigenvalue weighted by Gasteiger charge is -2.30. The van der Waals surface area contributed by atoms with E-state index in [-0.39, 0.29) is 17.5 Å². The van der Waals surface area contributed by atoms with Crippen LogP contribution in [0.1, 0.15) is 11.1 Å². The van der Waals surface area contributed by atoms with Gasteiger partial charge in [-0.05, 0) is 23.3 Å². The molecule has 0 aliphatic carbocycles. The summed E-state index contributed by atoms with van der Waals surface area (Å²) in [6, 6.07) is 9.87. The molecule has 0 fully saturated rings. The monoisotopic (exact) mass is 397 g/mol. The Hall–Kier alpha value is -2.49. The molecule has 2 amide bonds. The maximum atomic E-state index is 12.4. The van der Waals surface area contributed by atoms with Gasteiger partial charge in [-0.1, -0.05) is 29.8 Å². The van der Waals surface area contributed by atoms with Crippen molar-refractivity contribution < 1.29 is 22.1 Å². The van der Waals surface area contributed by atoms with Gasteiger partial charge in [0, 0.05) is 24.2 Å². The van der Waals surface area contributed by atoms with E-state index in [1.807, 2.05) is 18.2 Å².